The fourth-order valence-electron chi connectivity index (χ4n) is 1.91. The summed E-state index contributed by atoms with van der Waals surface area (Å²) < 4.78 is 1.89. The highest BCUT2D eigenvalue weighted by Crippen LogP contribution is 2.14. The van der Waals surface area contributed by atoms with Gasteiger partial charge in [0.25, 0.3) is 0 Å². The van der Waals surface area contributed by atoms with E-state index in [1.807, 2.05) is 30.2 Å². The van der Waals surface area contributed by atoms with E-state index in [2.05, 4.69) is 0 Å². The number of hydrogen-bond acceptors (Lipinski definition) is 4. The molecule has 0 aliphatic rings. The van der Waals surface area contributed by atoms with Crippen LogP contribution >= 0.6 is 0 Å². The number of rotatable bonds is 6. The Bertz CT molecular complexity index is 440. The molecule has 0 saturated heterocycles. The minimum absolute atomic E-state index is 0.0951. The zero-order valence-electron chi connectivity index (χ0n) is 11.3. The quantitative estimate of drug-likeness (QED) is 0.793. The molecule has 5 nitrogen and oxygen atoms in total. The van der Waals surface area contributed by atoms with Gasteiger partial charge in [-0.15, -0.1) is 0 Å². The molecule has 1 heterocycles. The van der Waals surface area contributed by atoms with Gasteiger partial charge in [0.1, 0.15) is 0 Å². The van der Waals surface area contributed by atoms with Gasteiger partial charge in [-0.3, -0.25) is 9.69 Å². The summed E-state index contributed by atoms with van der Waals surface area (Å²) in [5.41, 5.74) is 0.491. The molecule has 0 saturated carbocycles. The van der Waals surface area contributed by atoms with E-state index in [0.717, 1.165) is 12.2 Å². The SMILES string of the molecule is CCN(CCO)Cc1cc(=O)c(O)cn1C(C)C. The molecule has 0 bridgehead atoms. The van der Waals surface area contributed by atoms with E-state index in [1.54, 1.807) is 0 Å². The van der Waals surface area contributed by atoms with Crippen LogP contribution in [0.3, 0.4) is 0 Å². The molecule has 18 heavy (non-hydrogen) atoms. The molecule has 0 fully saturated rings. The van der Waals surface area contributed by atoms with Crippen LogP contribution in [0.5, 0.6) is 5.75 Å². The van der Waals surface area contributed by atoms with Crippen molar-refractivity contribution in [1.82, 2.24) is 9.47 Å². The minimum Gasteiger partial charge on any atom is -0.503 e. The van der Waals surface area contributed by atoms with E-state index in [1.165, 1.54) is 12.3 Å². The number of nitrogens with zero attached hydrogens (tertiary/aromatic N) is 2. The van der Waals surface area contributed by atoms with Crippen molar-refractivity contribution in [2.24, 2.45) is 0 Å². The Morgan fingerprint density at radius 3 is 2.61 bits per heavy atom. The fourth-order valence-corrected chi connectivity index (χ4v) is 1.91. The molecule has 0 aliphatic heterocycles. The average molecular weight is 254 g/mol. The summed E-state index contributed by atoms with van der Waals surface area (Å²) in [5.74, 6) is -0.224. The molecule has 1 aromatic rings. The smallest absolute Gasteiger partial charge is 0.223 e. The molecular formula is C13H22N2O3. The van der Waals surface area contributed by atoms with Crippen LogP contribution in [-0.2, 0) is 6.54 Å². The van der Waals surface area contributed by atoms with Gasteiger partial charge in [0.2, 0.25) is 5.43 Å². The van der Waals surface area contributed by atoms with Crippen molar-refractivity contribution in [3.8, 4) is 5.75 Å². The molecule has 0 atom stereocenters. The first-order valence-electron chi connectivity index (χ1n) is 6.26. The molecule has 1 rings (SSSR count). The lowest BCUT2D eigenvalue weighted by atomic mass is 10.2. The first-order chi connectivity index (χ1) is 8.49. The summed E-state index contributed by atoms with van der Waals surface area (Å²) in [6.07, 6.45) is 1.48. The maximum atomic E-state index is 11.5. The van der Waals surface area contributed by atoms with Gasteiger partial charge in [0.15, 0.2) is 5.75 Å². The first-order valence-corrected chi connectivity index (χ1v) is 6.26. The number of pyridine rings is 1. The van der Waals surface area contributed by atoms with Crippen LogP contribution in [0.1, 0.15) is 32.5 Å². The zero-order chi connectivity index (χ0) is 13.7. The Kier molecular flexibility index (Phi) is 5.37. The summed E-state index contributed by atoms with van der Waals surface area (Å²) in [7, 11) is 0. The molecule has 5 heteroatoms. The fraction of sp³-hybridized carbons (Fsp3) is 0.615. The largest absolute Gasteiger partial charge is 0.503 e. The van der Waals surface area contributed by atoms with Crippen molar-refractivity contribution in [2.75, 3.05) is 19.7 Å². The maximum Gasteiger partial charge on any atom is 0.223 e. The molecule has 1 aromatic heterocycles. The van der Waals surface area contributed by atoms with Gasteiger partial charge >= 0.3 is 0 Å². The average Bonchev–Trinajstić information content (AvgIpc) is 2.32. The number of likely N-dealkylation sites (N-methyl/N-ethyl adjacent to an activating group) is 1. The highest BCUT2D eigenvalue weighted by atomic mass is 16.3. The number of aliphatic hydroxyl groups excluding tert-OH is 1. The molecule has 0 amide bonds. The van der Waals surface area contributed by atoms with Gasteiger partial charge in [-0.1, -0.05) is 6.92 Å². The van der Waals surface area contributed by atoms with Gasteiger partial charge in [-0.2, -0.15) is 0 Å². The van der Waals surface area contributed by atoms with Crippen molar-refractivity contribution in [3.05, 3.63) is 28.2 Å². The van der Waals surface area contributed by atoms with Gasteiger partial charge in [0.05, 0.1) is 12.8 Å². The van der Waals surface area contributed by atoms with Crippen molar-refractivity contribution in [1.29, 1.82) is 0 Å². The number of aromatic nitrogens is 1. The third-order valence-corrected chi connectivity index (χ3v) is 2.95. The molecule has 2 N–H and O–H groups in total. The summed E-state index contributed by atoms with van der Waals surface area (Å²) in [4.78, 5) is 13.6. The van der Waals surface area contributed by atoms with Gasteiger partial charge in [0, 0.05) is 30.9 Å². The van der Waals surface area contributed by atoms with Crippen LogP contribution in [0, 0.1) is 0 Å². The Balaban J connectivity index is 3.06. The van der Waals surface area contributed by atoms with Crippen molar-refractivity contribution in [2.45, 2.75) is 33.4 Å². The third-order valence-electron chi connectivity index (χ3n) is 2.95. The molecule has 0 unspecified atom stereocenters. The standard InChI is InChI=1S/C13H22N2O3/c1-4-14(5-6-16)8-11-7-12(17)13(18)9-15(11)10(2)3/h7,9-10,16,18H,4-6,8H2,1-3H3. The monoisotopic (exact) mass is 254 g/mol. The highest BCUT2D eigenvalue weighted by Gasteiger charge is 2.11. The summed E-state index contributed by atoms with van der Waals surface area (Å²) in [5, 5.41) is 18.5. The molecular weight excluding hydrogens is 232 g/mol. The maximum absolute atomic E-state index is 11.5. The van der Waals surface area contributed by atoms with E-state index in [0.29, 0.717) is 13.1 Å². The lowest BCUT2D eigenvalue weighted by molar-refractivity contribution is 0.192. The Morgan fingerprint density at radius 2 is 2.11 bits per heavy atom. The second-order valence-electron chi connectivity index (χ2n) is 4.61. The van der Waals surface area contributed by atoms with Crippen LogP contribution in [0.15, 0.2) is 17.1 Å². The van der Waals surface area contributed by atoms with Gasteiger partial charge in [-0.05, 0) is 20.4 Å². The Hall–Kier alpha value is -1.33. The van der Waals surface area contributed by atoms with Gasteiger partial charge in [-0.25, -0.2) is 0 Å². The number of aromatic hydroxyl groups is 1. The normalized spacial score (nSPS) is 11.4. The van der Waals surface area contributed by atoms with Crippen molar-refractivity contribution >= 4 is 0 Å². The van der Waals surface area contributed by atoms with Crippen molar-refractivity contribution < 1.29 is 10.2 Å². The van der Waals surface area contributed by atoms with Crippen LogP contribution in [-0.4, -0.2) is 39.4 Å². The topological polar surface area (TPSA) is 65.7 Å². The zero-order valence-corrected chi connectivity index (χ0v) is 11.3. The number of hydrogen-bond donors (Lipinski definition) is 2. The summed E-state index contributed by atoms with van der Waals surface area (Å²) in [6, 6.07) is 1.63. The van der Waals surface area contributed by atoms with E-state index in [4.69, 9.17) is 5.11 Å². The lowest BCUT2D eigenvalue weighted by Gasteiger charge is -2.23. The minimum atomic E-state index is -0.359. The Labute approximate surface area is 107 Å². The summed E-state index contributed by atoms with van der Waals surface area (Å²) in [6.45, 7) is 8.05. The predicted octanol–water partition coefficient (Wildman–Crippen LogP) is 0.949. The molecule has 0 aliphatic carbocycles. The predicted molar refractivity (Wildman–Crippen MR) is 70.8 cm³/mol. The van der Waals surface area contributed by atoms with E-state index in [-0.39, 0.29) is 23.8 Å². The van der Waals surface area contributed by atoms with Crippen LogP contribution in [0.25, 0.3) is 0 Å². The van der Waals surface area contributed by atoms with Crippen LogP contribution in [0.2, 0.25) is 0 Å². The third kappa shape index (κ3) is 3.58. The van der Waals surface area contributed by atoms with Gasteiger partial charge < -0.3 is 14.8 Å². The highest BCUT2D eigenvalue weighted by molar-refractivity contribution is 5.21. The first kappa shape index (κ1) is 14.7. The summed E-state index contributed by atoms with van der Waals surface area (Å²) >= 11 is 0. The lowest BCUT2D eigenvalue weighted by Crippen LogP contribution is -2.29. The molecule has 0 aromatic carbocycles. The van der Waals surface area contributed by atoms with E-state index >= 15 is 0 Å². The van der Waals surface area contributed by atoms with Crippen molar-refractivity contribution in [3.63, 3.8) is 0 Å². The van der Waals surface area contributed by atoms with E-state index < -0.39 is 0 Å². The second kappa shape index (κ2) is 6.56. The Morgan fingerprint density at radius 1 is 1.44 bits per heavy atom. The number of aliphatic hydroxyl groups is 1. The molecule has 0 radical (unpaired) electrons. The second-order valence-corrected chi connectivity index (χ2v) is 4.61. The van der Waals surface area contributed by atoms with Crippen LogP contribution < -0.4 is 5.43 Å². The molecule has 102 valence electrons. The van der Waals surface area contributed by atoms with E-state index in [9.17, 15) is 9.90 Å². The van der Waals surface area contributed by atoms with Crippen LogP contribution in [0.4, 0.5) is 0 Å². The molecule has 0 spiro atoms.